The number of nitrogens with zero attached hydrogens (tertiary/aromatic N) is 2. The Morgan fingerprint density at radius 3 is 2.31 bits per heavy atom. The molecular formula is C28H46N6O5. The summed E-state index contributed by atoms with van der Waals surface area (Å²) >= 11 is 0. The van der Waals surface area contributed by atoms with Gasteiger partial charge in [0.25, 0.3) is 11.8 Å². The molecule has 11 nitrogen and oxygen atoms in total. The van der Waals surface area contributed by atoms with Crippen molar-refractivity contribution >= 4 is 29.7 Å². The summed E-state index contributed by atoms with van der Waals surface area (Å²) in [6.45, 7) is 19.4. The smallest absolute Gasteiger partial charge is 0.315 e. The highest BCUT2D eigenvalue weighted by atomic mass is 16.2. The number of rotatable bonds is 6. The fraction of sp³-hybridized carbons (Fsp3) is 0.750. The number of hydrogen-bond donors (Lipinski definition) is 4. The van der Waals surface area contributed by atoms with Crippen LogP contribution in [0.5, 0.6) is 0 Å². The Bertz CT molecular complexity index is 1030. The van der Waals surface area contributed by atoms with Crippen LogP contribution in [0.25, 0.3) is 0 Å². The number of carbonyl (C=O) groups is 5. The maximum atomic E-state index is 14.1. The minimum Gasteiger partial charge on any atom is -0.351 e. The number of fused-ring (bicyclic) bond motifs is 1. The highest BCUT2D eigenvalue weighted by Gasteiger charge is 2.61. The maximum absolute atomic E-state index is 14.1. The molecule has 3 aliphatic rings. The molecule has 5 atom stereocenters. The van der Waals surface area contributed by atoms with Gasteiger partial charge in [-0.1, -0.05) is 41.2 Å². The molecule has 3 rings (SSSR count). The van der Waals surface area contributed by atoms with E-state index in [1.54, 1.807) is 4.90 Å². The van der Waals surface area contributed by atoms with Crippen LogP contribution in [0.15, 0.2) is 12.7 Å². The molecule has 0 bridgehead atoms. The van der Waals surface area contributed by atoms with Gasteiger partial charge in [0.05, 0.1) is 6.54 Å². The molecule has 39 heavy (non-hydrogen) atoms. The average molecular weight is 547 g/mol. The first kappa shape index (κ1) is 30.4. The van der Waals surface area contributed by atoms with E-state index in [0.29, 0.717) is 19.4 Å². The Hall–Kier alpha value is -3.11. The number of carbonyl (C=O) groups excluding carboxylic acids is 5. The van der Waals surface area contributed by atoms with Gasteiger partial charge in [0.2, 0.25) is 11.8 Å². The molecule has 0 aromatic rings. The van der Waals surface area contributed by atoms with Crippen LogP contribution in [0.3, 0.4) is 0 Å². The molecule has 2 aliphatic heterocycles. The van der Waals surface area contributed by atoms with Gasteiger partial charge in [-0.25, -0.2) is 9.80 Å². The summed E-state index contributed by atoms with van der Waals surface area (Å²) in [5.74, 6) is -1.35. The lowest BCUT2D eigenvalue weighted by molar-refractivity contribution is -0.149. The second-order valence-electron chi connectivity index (χ2n) is 14.0. The molecule has 0 radical (unpaired) electrons. The third-order valence-corrected chi connectivity index (χ3v) is 7.91. The van der Waals surface area contributed by atoms with E-state index in [9.17, 15) is 24.0 Å². The van der Waals surface area contributed by atoms with Crippen molar-refractivity contribution in [3.8, 4) is 0 Å². The van der Waals surface area contributed by atoms with E-state index in [0.717, 1.165) is 12.5 Å². The lowest BCUT2D eigenvalue weighted by atomic mass is 9.55. The Labute approximate surface area is 231 Å². The van der Waals surface area contributed by atoms with E-state index in [1.807, 2.05) is 41.5 Å². The predicted molar refractivity (Wildman–Crippen MR) is 147 cm³/mol. The van der Waals surface area contributed by atoms with E-state index in [1.165, 1.54) is 5.01 Å². The molecule has 0 spiro atoms. The number of likely N-dealkylation sites (tertiary alicyclic amines) is 1. The van der Waals surface area contributed by atoms with Gasteiger partial charge in [0, 0.05) is 24.5 Å². The third-order valence-electron chi connectivity index (χ3n) is 7.91. The summed E-state index contributed by atoms with van der Waals surface area (Å²) < 4.78 is 0. The number of hydrogen-bond acceptors (Lipinski definition) is 5. The highest BCUT2D eigenvalue weighted by molar-refractivity contribution is 5.95. The standard InChI is InChI=1S/C28H46N6O5/c1-10-19(36)34(15-17-11-12-18(35)29-17)32-23(37)21-20-16(13-28(20,8)9)14-33(21)24(38)22(26(2,3)4)30-25(39)31-27(5,6)7/h10,16-17,20-22H,1,11-15H2,2-9H3,(H,29,35)(H,32,37)(H2,30,31,39)/t16-,17-,20-,21-,22+/m0/s1. The molecule has 218 valence electrons. The summed E-state index contributed by atoms with van der Waals surface area (Å²) in [6, 6.07) is -2.44. The molecule has 4 N–H and O–H groups in total. The number of urea groups is 1. The van der Waals surface area contributed by atoms with Crippen LogP contribution in [0.2, 0.25) is 0 Å². The molecule has 1 aliphatic carbocycles. The molecule has 0 aromatic heterocycles. The zero-order valence-electron chi connectivity index (χ0n) is 24.6. The van der Waals surface area contributed by atoms with Gasteiger partial charge in [-0.2, -0.15) is 0 Å². The Morgan fingerprint density at radius 2 is 1.82 bits per heavy atom. The number of hydrazine groups is 1. The van der Waals surface area contributed by atoms with Crippen LogP contribution < -0.4 is 21.4 Å². The van der Waals surface area contributed by atoms with Crippen molar-refractivity contribution in [3.05, 3.63) is 12.7 Å². The topological polar surface area (TPSA) is 140 Å². The molecule has 2 heterocycles. The van der Waals surface area contributed by atoms with Gasteiger partial charge in [-0.15, -0.1) is 0 Å². The summed E-state index contributed by atoms with van der Waals surface area (Å²) in [7, 11) is 0. The minimum absolute atomic E-state index is 0.0969. The first-order valence-electron chi connectivity index (χ1n) is 13.8. The van der Waals surface area contributed by atoms with Gasteiger partial charge < -0.3 is 20.9 Å². The predicted octanol–water partition coefficient (Wildman–Crippen LogP) is 1.70. The first-order chi connectivity index (χ1) is 17.8. The largest absolute Gasteiger partial charge is 0.351 e. The first-order valence-corrected chi connectivity index (χ1v) is 13.8. The fourth-order valence-electron chi connectivity index (χ4n) is 6.23. The minimum atomic E-state index is -0.879. The summed E-state index contributed by atoms with van der Waals surface area (Å²) in [5, 5.41) is 9.67. The van der Waals surface area contributed by atoms with Crippen LogP contribution in [-0.4, -0.2) is 76.3 Å². The molecule has 11 heteroatoms. The third kappa shape index (κ3) is 6.91. The average Bonchev–Trinajstić information content (AvgIpc) is 3.34. The molecular weight excluding hydrogens is 500 g/mol. The Balaban J connectivity index is 1.87. The van der Waals surface area contributed by atoms with Gasteiger partial charge in [-0.05, 0) is 62.4 Å². The Morgan fingerprint density at radius 1 is 1.18 bits per heavy atom. The monoisotopic (exact) mass is 546 g/mol. The van der Waals surface area contributed by atoms with Crippen molar-refractivity contribution in [2.75, 3.05) is 13.1 Å². The molecule has 0 unspecified atom stereocenters. The van der Waals surface area contributed by atoms with Crippen LogP contribution >= 0.6 is 0 Å². The summed E-state index contributed by atoms with van der Waals surface area (Å²) in [6.07, 6.45) is 2.89. The SMILES string of the molecule is C=CC(=O)N(C[C@@H]1CCC(=O)N1)NC(=O)[C@@H]1[C@@H]2[C@H](CN1C(=O)[C@@H](NC(=O)NC(C)(C)C)C(C)(C)C)CC2(C)C. The highest BCUT2D eigenvalue weighted by Crippen LogP contribution is 2.57. The fourth-order valence-corrected chi connectivity index (χ4v) is 6.23. The quantitative estimate of drug-likeness (QED) is 0.297. The lowest BCUT2D eigenvalue weighted by Gasteiger charge is -2.49. The van der Waals surface area contributed by atoms with E-state index >= 15 is 0 Å². The van der Waals surface area contributed by atoms with E-state index in [4.69, 9.17) is 0 Å². The Kier molecular flexibility index (Phi) is 8.43. The van der Waals surface area contributed by atoms with Crippen molar-refractivity contribution < 1.29 is 24.0 Å². The van der Waals surface area contributed by atoms with E-state index in [2.05, 4.69) is 41.8 Å². The van der Waals surface area contributed by atoms with Crippen molar-refractivity contribution in [1.29, 1.82) is 0 Å². The zero-order chi connectivity index (χ0) is 29.5. The van der Waals surface area contributed by atoms with Gasteiger partial charge >= 0.3 is 6.03 Å². The van der Waals surface area contributed by atoms with Gasteiger partial charge in [0.15, 0.2) is 0 Å². The molecule has 0 aromatic carbocycles. The lowest BCUT2D eigenvalue weighted by Crippen LogP contribution is -2.63. The second kappa shape index (κ2) is 10.8. The van der Waals surface area contributed by atoms with Gasteiger partial charge in [-0.3, -0.25) is 24.6 Å². The molecule has 2 saturated heterocycles. The maximum Gasteiger partial charge on any atom is 0.315 e. The van der Waals surface area contributed by atoms with E-state index in [-0.39, 0.29) is 41.7 Å². The van der Waals surface area contributed by atoms with Crippen LogP contribution in [0.4, 0.5) is 4.79 Å². The molecule has 6 amide bonds. The molecule has 1 saturated carbocycles. The van der Waals surface area contributed by atoms with Crippen molar-refractivity contribution in [1.82, 2.24) is 31.3 Å². The van der Waals surface area contributed by atoms with Crippen LogP contribution in [-0.2, 0) is 19.2 Å². The number of nitrogens with one attached hydrogen (secondary N) is 4. The van der Waals surface area contributed by atoms with Crippen molar-refractivity contribution in [2.24, 2.45) is 22.7 Å². The van der Waals surface area contributed by atoms with Gasteiger partial charge in [0.1, 0.15) is 12.1 Å². The summed E-state index contributed by atoms with van der Waals surface area (Å²) in [5.41, 5.74) is 1.44. The van der Waals surface area contributed by atoms with Crippen LogP contribution in [0.1, 0.15) is 74.7 Å². The van der Waals surface area contributed by atoms with Crippen LogP contribution in [0, 0.1) is 22.7 Å². The second-order valence-corrected chi connectivity index (χ2v) is 14.0. The van der Waals surface area contributed by atoms with Crippen molar-refractivity contribution in [2.45, 2.75) is 98.3 Å². The summed E-state index contributed by atoms with van der Waals surface area (Å²) in [4.78, 5) is 66.7. The molecule has 3 fully saturated rings. The number of amides is 6. The van der Waals surface area contributed by atoms with E-state index < -0.39 is 40.9 Å². The van der Waals surface area contributed by atoms with Crippen molar-refractivity contribution in [3.63, 3.8) is 0 Å². The zero-order valence-corrected chi connectivity index (χ0v) is 24.6. The normalized spacial score (nSPS) is 26.5.